The molecular formula is C13H14ClFN2S. The largest absolute Gasteiger partial charge is 0.271 e. The average molecular weight is 285 g/mol. The fourth-order valence-electron chi connectivity index (χ4n) is 1.81. The highest BCUT2D eigenvalue weighted by molar-refractivity contribution is 7.09. The molecule has 2 nitrogen and oxygen atoms in total. The van der Waals surface area contributed by atoms with Crippen molar-refractivity contribution in [1.29, 1.82) is 0 Å². The lowest BCUT2D eigenvalue weighted by molar-refractivity contribution is 0.523. The lowest BCUT2D eigenvalue weighted by atomic mass is 10.0. The first-order valence-corrected chi connectivity index (χ1v) is 6.87. The fourth-order valence-corrected chi connectivity index (χ4v) is 2.72. The van der Waals surface area contributed by atoms with E-state index in [1.165, 1.54) is 10.9 Å². The van der Waals surface area contributed by atoms with Crippen molar-refractivity contribution in [3.05, 3.63) is 57.0 Å². The number of nitrogens with two attached hydrogens (primary N) is 1. The van der Waals surface area contributed by atoms with Crippen LogP contribution in [0.5, 0.6) is 0 Å². The van der Waals surface area contributed by atoms with E-state index in [1.54, 1.807) is 17.4 Å². The van der Waals surface area contributed by atoms with Crippen LogP contribution in [0, 0.1) is 5.82 Å². The Morgan fingerprint density at radius 2 is 2.17 bits per heavy atom. The molecular weight excluding hydrogens is 271 g/mol. The Kier molecular flexibility index (Phi) is 4.72. The fraction of sp³-hybridized carbons (Fsp3) is 0.231. The summed E-state index contributed by atoms with van der Waals surface area (Å²) < 4.78 is 13.3. The molecule has 2 rings (SSSR count). The maximum atomic E-state index is 13.3. The van der Waals surface area contributed by atoms with Gasteiger partial charge in [0.2, 0.25) is 0 Å². The van der Waals surface area contributed by atoms with Crippen LogP contribution in [0.4, 0.5) is 4.39 Å². The van der Waals surface area contributed by atoms with E-state index in [0.29, 0.717) is 6.42 Å². The van der Waals surface area contributed by atoms with Crippen LogP contribution in [0.25, 0.3) is 0 Å². The highest BCUT2D eigenvalue weighted by atomic mass is 35.5. The molecule has 0 bridgehead atoms. The Labute approximate surface area is 115 Å². The molecule has 0 aliphatic heterocycles. The molecule has 18 heavy (non-hydrogen) atoms. The molecule has 0 fully saturated rings. The van der Waals surface area contributed by atoms with Crippen molar-refractivity contribution in [1.82, 2.24) is 5.43 Å². The summed E-state index contributed by atoms with van der Waals surface area (Å²) in [6.07, 6.45) is 1.50. The maximum absolute atomic E-state index is 13.3. The molecule has 5 heteroatoms. The van der Waals surface area contributed by atoms with Crippen molar-refractivity contribution in [3.63, 3.8) is 0 Å². The summed E-state index contributed by atoms with van der Waals surface area (Å²) in [5, 5.41) is 2.18. The second-order valence-corrected chi connectivity index (χ2v) is 5.54. The van der Waals surface area contributed by atoms with Crippen LogP contribution in [0.15, 0.2) is 35.7 Å². The van der Waals surface area contributed by atoms with Crippen LogP contribution >= 0.6 is 22.9 Å². The monoisotopic (exact) mass is 284 g/mol. The van der Waals surface area contributed by atoms with Gasteiger partial charge in [0, 0.05) is 10.9 Å². The molecule has 1 aromatic carbocycles. The summed E-state index contributed by atoms with van der Waals surface area (Å²) >= 11 is 7.34. The number of hydrazine groups is 1. The van der Waals surface area contributed by atoms with Crippen molar-refractivity contribution < 1.29 is 4.39 Å². The van der Waals surface area contributed by atoms with Crippen molar-refractivity contribution in [2.24, 2.45) is 5.84 Å². The predicted octanol–water partition coefficient (Wildman–Crippen LogP) is 3.16. The van der Waals surface area contributed by atoms with Crippen LogP contribution in [-0.2, 0) is 12.8 Å². The van der Waals surface area contributed by atoms with Crippen LogP contribution in [-0.4, -0.2) is 6.04 Å². The molecule has 0 saturated heterocycles. The number of benzene rings is 1. The van der Waals surface area contributed by atoms with E-state index in [4.69, 9.17) is 17.4 Å². The van der Waals surface area contributed by atoms with Crippen LogP contribution in [0.2, 0.25) is 5.02 Å². The number of thiophene rings is 1. The molecule has 0 aliphatic carbocycles. The van der Waals surface area contributed by atoms with Crippen molar-refractivity contribution >= 4 is 22.9 Å². The summed E-state index contributed by atoms with van der Waals surface area (Å²) in [5.74, 6) is 5.15. The molecule has 96 valence electrons. The average Bonchev–Trinajstić information content (AvgIpc) is 2.86. The van der Waals surface area contributed by atoms with Crippen LogP contribution in [0.3, 0.4) is 0 Å². The van der Waals surface area contributed by atoms with Gasteiger partial charge in [-0.15, -0.1) is 11.3 Å². The van der Waals surface area contributed by atoms with E-state index in [0.717, 1.165) is 12.0 Å². The molecule has 1 atom stereocenters. The van der Waals surface area contributed by atoms with E-state index in [9.17, 15) is 4.39 Å². The summed E-state index contributed by atoms with van der Waals surface area (Å²) in [6.45, 7) is 0. The smallest absolute Gasteiger partial charge is 0.142 e. The Morgan fingerprint density at radius 1 is 1.33 bits per heavy atom. The zero-order valence-electron chi connectivity index (χ0n) is 9.70. The van der Waals surface area contributed by atoms with Crippen molar-refractivity contribution in [2.45, 2.75) is 18.9 Å². The zero-order chi connectivity index (χ0) is 13.0. The van der Waals surface area contributed by atoms with Gasteiger partial charge in [-0.25, -0.2) is 4.39 Å². The third-order valence-corrected chi connectivity index (χ3v) is 3.93. The quantitative estimate of drug-likeness (QED) is 0.654. The summed E-state index contributed by atoms with van der Waals surface area (Å²) in [4.78, 5) is 1.26. The van der Waals surface area contributed by atoms with Gasteiger partial charge in [-0.1, -0.05) is 23.7 Å². The summed E-state index contributed by atoms with van der Waals surface area (Å²) in [5.41, 5.74) is 3.66. The minimum Gasteiger partial charge on any atom is -0.271 e. The highest BCUT2D eigenvalue weighted by Crippen LogP contribution is 2.18. The first kappa shape index (κ1) is 13.5. The van der Waals surface area contributed by atoms with Gasteiger partial charge >= 0.3 is 0 Å². The van der Waals surface area contributed by atoms with Gasteiger partial charge in [0.15, 0.2) is 0 Å². The van der Waals surface area contributed by atoms with Gasteiger partial charge in [0.1, 0.15) is 5.82 Å². The van der Waals surface area contributed by atoms with Crippen molar-refractivity contribution in [2.75, 3.05) is 0 Å². The molecule has 0 aliphatic rings. The minimum atomic E-state index is -0.388. The van der Waals surface area contributed by atoms with Crippen LogP contribution < -0.4 is 11.3 Å². The summed E-state index contributed by atoms with van der Waals surface area (Å²) in [6, 6.07) is 9.02. The van der Waals surface area contributed by atoms with Gasteiger partial charge in [-0.2, -0.15) is 0 Å². The van der Waals surface area contributed by atoms with Gasteiger partial charge in [0.25, 0.3) is 0 Å². The Hall–Kier alpha value is -0.940. The number of nitrogens with one attached hydrogen (secondary N) is 1. The Balaban J connectivity index is 2.03. The molecule has 0 radical (unpaired) electrons. The first-order valence-electron chi connectivity index (χ1n) is 5.61. The lowest BCUT2D eigenvalue weighted by Crippen LogP contribution is -2.38. The van der Waals surface area contributed by atoms with Gasteiger partial charge in [0.05, 0.1) is 5.02 Å². The Morgan fingerprint density at radius 3 is 2.78 bits per heavy atom. The van der Waals surface area contributed by atoms with Crippen LogP contribution in [0.1, 0.15) is 10.4 Å². The molecule has 3 N–H and O–H groups in total. The second kappa shape index (κ2) is 6.29. The van der Waals surface area contributed by atoms with Gasteiger partial charge in [-0.05, 0) is 42.0 Å². The first-order chi connectivity index (χ1) is 8.69. The predicted molar refractivity (Wildman–Crippen MR) is 74.2 cm³/mol. The minimum absolute atomic E-state index is 0.0872. The third-order valence-electron chi connectivity index (χ3n) is 2.73. The standard InChI is InChI=1S/C13H14ClFN2S/c14-12-4-3-9(7-13(12)15)6-10(17-16)8-11-2-1-5-18-11/h1-5,7,10,17H,6,8,16H2. The van der Waals surface area contributed by atoms with Gasteiger partial charge < -0.3 is 0 Å². The Bertz CT molecular complexity index is 502. The van der Waals surface area contributed by atoms with Gasteiger partial charge in [-0.3, -0.25) is 11.3 Å². The topological polar surface area (TPSA) is 38.0 Å². The molecule has 0 saturated carbocycles. The molecule has 1 aromatic heterocycles. The van der Waals surface area contributed by atoms with E-state index < -0.39 is 0 Å². The van der Waals surface area contributed by atoms with Crippen molar-refractivity contribution in [3.8, 4) is 0 Å². The number of rotatable bonds is 5. The SMILES string of the molecule is NNC(Cc1ccc(Cl)c(F)c1)Cc1cccs1. The molecule has 0 spiro atoms. The highest BCUT2D eigenvalue weighted by Gasteiger charge is 2.11. The zero-order valence-corrected chi connectivity index (χ0v) is 11.3. The molecule has 1 heterocycles. The lowest BCUT2D eigenvalue weighted by Gasteiger charge is -2.15. The normalized spacial score (nSPS) is 12.6. The number of hydrogen-bond acceptors (Lipinski definition) is 3. The summed E-state index contributed by atoms with van der Waals surface area (Å²) in [7, 11) is 0. The second-order valence-electron chi connectivity index (χ2n) is 4.10. The van der Waals surface area contributed by atoms with E-state index in [-0.39, 0.29) is 16.9 Å². The van der Waals surface area contributed by atoms with E-state index in [2.05, 4.69) is 11.5 Å². The maximum Gasteiger partial charge on any atom is 0.142 e. The molecule has 0 amide bonds. The number of halogens is 2. The third kappa shape index (κ3) is 3.53. The van der Waals surface area contributed by atoms with E-state index in [1.807, 2.05) is 17.5 Å². The van der Waals surface area contributed by atoms with E-state index >= 15 is 0 Å². The molecule has 2 aromatic rings. The molecule has 1 unspecified atom stereocenters. The number of hydrogen-bond donors (Lipinski definition) is 2.